The zero-order valence-corrected chi connectivity index (χ0v) is 35.3. The molecule has 8 nitrogen and oxygen atoms in total. The van der Waals surface area contributed by atoms with Gasteiger partial charge in [0.15, 0.2) is 0 Å². The van der Waals surface area contributed by atoms with Crippen LogP contribution >= 0.6 is 23.5 Å². The number of ketones is 1. The van der Waals surface area contributed by atoms with E-state index in [2.05, 4.69) is 143 Å². The van der Waals surface area contributed by atoms with E-state index in [0.29, 0.717) is 25.9 Å². The molecular weight excluding hydrogens is 785 g/mol. The van der Waals surface area contributed by atoms with Gasteiger partial charge in [-0.1, -0.05) is 108 Å². The van der Waals surface area contributed by atoms with Gasteiger partial charge in [0.05, 0.1) is 6.61 Å². The van der Waals surface area contributed by atoms with Gasteiger partial charge in [0.1, 0.15) is 33.2 Å². The van der Waals surface area contributed by atoms with Gasteiger partial charge in [0, 0.05) is 65.2 Å². The Morgan fingerprint density at radius 1 is 0.517 bits per heavy atom. The highest BCUT2D eigenvalue weighted by Crippen LogP contribution is 2.44. The number of methoxy groups -OCH3 is 1. The molecule has 0 spiro atoms. The van der Waals surface area contributed by atoms with Crippen LogP contribution in [0.2, 0.25) is 0 Å². The van der Waals surface area contributed by atoms with Gasteiger partial charge in [0.2, 0.25) is 0 Å². The Kier molecular flexibility index (Phi) is 13.2. The summed E-state index contributed by atoms with van der Waals surface area (Å²) < 4.78 is 10.2. The van der Waals surface area contributed by atoms with E-state index in [0.717, 1.165) is 72.9 Å². The third-order valence-electron chi connectivity index (χ3n) is 10.3. The van der Waals surface area contributed by atoms with E-state index in [-0.39, 0.29) is 29.1 Å². The first-order valence-corrected chi connectivity index (χ1v) is 21.9. The van der Waals surface area contributed by atoms with Crippen molar-refractivity contribution < 1.29 is 19.1 Å². The summed E-state index contributed by atoms with van der Waals surface area (Å²) in [5.41, 5.74) is 10.7. The molecule has 2 heterocycles. The molecule has 10 heteroatoms. The minimum Gasteiger partial charge on any atom is -0.463 e. The summed E-state index contributed by atoms with van der Waals surface area (Å²) in [5, 5.41) is 2.06. The first-order chi connectivity index (χ1) is 29.4. The molecule has 60 heavy (non-hydrogen) atoms. The molecule has 2 aliphatic rings. The Morgan fingerprint density at radius 2 is 0.900 bits per heavy atom. The normalized spacial score (nSPS) is 15.5. The zero-order valence-electron chi connectivity index (χ0n) is 33.6. The van der Waals surface area contributed by atoms with Crippen molar-refractivity contribution in [3.05, 3.63) is 180 Å². The smallest absolute Gasteiger partial charge is 0.306 e. The molecule has 302 valence electrons. The number of para-hydroxylation sites is 2. The number of carbonyl (C=O) groups is 2. The summed E-state index contributed by atoms with van der Waals surface area (Å²) in [4.78, 5) is 38.4. The maximum absolute atomic E-state index is 12.1. The molecule has 2 atom stereocenters. The Hall–Kier alpha value is -5.94. The number of thioether (sulfide) groups is 2. The molecule has 0 radical (unpaired) electrons. The second kappa shape index (κ2) is 19.4. The van der Waals surface area contributed by atoms with E-state index in [1.54, 1.807) is 37.6 Å². The molecular formula is C50H46N4O4S2. The number of hydrogen-bond acceptors (Lipinski definition) is 10. The van der Waals surface area contributed by atoms with Gasteiger partial charge < -0.3 is 24.1 Å². The van der Waals surface area contributed by atoms with Crippen molar-refractivity contribution in [2.45, 2.75) is 43.4 Å². The summed E-state index contributed by atoms with van der Waals surface area (Å²) in [6.45, 7) is 2.31. The average molecular weight is 831 g/mol. The van der Waals surface area contributed by atoms with E-state index < -0.39 is 0 Å². The third kappa shape index (κ3) is 9.90. The monoisotopic (exact) mass is 830 g/mol. The number of fused-ring (bicyclic) bond motifs is 1. The first-order valence-electron chi connectivity index (χ1n) is 20.1. The summed E-state index contributed by atoms with van der Waals surface area (Å²) in [5.74, 6) is -0.0168. The Balaban J connectivity index is 0.930. The van der Waals surface area contributed by atoms with Crippen molar-refractivity contribution in [3.8, 4) is 0 Å². The van der Waals surface area contributed by atoms with E-state index in [1.807, 2.05) is 24.3 Å². The highest BCUT2D eigenvalue weighted by Gasteiger charge is 2.37. The van der Waals surface area contributed by atoms with Gasteiger partial charge in [0.25, 0.3) is 0 Å². The molecule has 0 N–H and O–H groups in total. The maximum Gasteiger partial charge on any atom is 0.306 e. The van der Waals surface area contributed by atoms with Crippen LogP contribution in [-0.2, 0) is 31.9 Å². The number of anilines is 6. The lowest BCUT2D eigenvalue weighted by Crippen LogP contribution is -2.11. The SMILES string of the molecule is COCCOC(=O)CCc1ccc(N(c2ccccc2)c2ccc(C3=NC4SC(c5ccc(N(c6ccccc6)c6ccc(CCC(C)=O)cc6)cc5)=NC4S3)cc2)cc1. The predicted molar refractivity (Wildman–Crippen MR) is 248 cm³/mol. The van der Waals surface area contributed by atoms with E-state index >= 15 is 0 Å². The zero-order chi connectivity index (χ0) is 41.3. The number of aliphatic imine (C=N–C) groups is 2. The number of carbonyl (C=O) groups excluding carboxylic acids is 2. The van der Waals surface area contributed by atoms with Crippen LogP contribution in [0, 0.1) is 0 Å². The topological polar surface area (TPSA) is 83.8 Å². The second-order valence-corrected chi connectivity index (χ2v) is 16.8. The summed E-state index contributed by atoms with van der Waals surface area (Å²) >= 11 is 3.45. The molecule has 8 rings (SSSR count). The van der Waals surface area contributed by atoms with Crippen LogP contribution in [0.5, 0.6) is 0 Å². The Morgan fingerprint density at radius 3 is 1.30 bits per heavy atom. The molecule has 0 aliphatic carbocycles. The third-order valence-corrected chi connectivity index (χ3v) is 12.8. The molecule has 0 saturated carbocycles. The largest absolute Gasteiger partial charge is 0.463 e. The quantitative estimate of drug-likeness (QED) is 0.0664. The highest BCUT2D eigenvalue weighted by molar-refractivity contribution is 8.20. The Labute approximate surface area is 360 Å². The fourth-order valence-electron chi connectivity index (χ4n) is 7.16. The van der Waals surface area contributed by atoms with Gasteiger partial charge in [-0.3, -0.25) is 14.8 Å². The van der Waals surface area contributed by atoms with Crippen molar-refractivity contribution in [2.24, 2.45) is 9.98 Å². The van der Waals surface area contributed by atoms with Crippen molar-refractivity contribution in [1.82, 2.24) is 0 Å². The van der Waals surface area contributed by atoms with Gasteiger partial charge in [-0.2, -0.15) is 0 Å². The second-order valence-electron chi connectivity index (χ2n) is 14.6. The maximum atomic E-state index is 12.1. The number of aryl methyl sites for hydroxylation is 2. The number of nitrogens with zero attached hydrogens (tertiary/aromatic N) is 4. The number of benzene rings is 6. The van der Waals surface area contributed by atoms with Gasteiger partial charge in [-0.05, 0) is 104 Å². The summed E-state index contributed by atoms with van der Waals surface area (Å²) in [7, 11) is 1.59. The fraction of sp³-hybridized carbons (Fsp3) is 0.200. The first kappa shape index (κ1) is 40.8. The molecule has 0 aromatic heterocycles. The van der Waals surface area contributed by atoms with Crippen LogP contribution < -0.4 is 9.80 Å². The highest BCUT2D eigenvalue weighted by atomic mass is 32.2. The van der Waals surface area contributed by atoms with Gasteiger partial charge in [-0.15, -0.1) is 0 Å². The van der Waals surface area contributed by atoms with E-state index in [9.17, 15) is 9.59 Å². The van der Waals surface area contributed by atoms with Crippen LogP contribution in [-0.4, -0.2) is 52.9 Å². The number of hydrogen-bond donors (Lipinski definition) is 0. The lowest BCUT2D eigenvalue weighted by Gasteiger charge is -2.26. The van der Waals surface area contributed by atoms with Gasteiger partial charge in [-0.25, -0.2) is 0 Å². The number of ether oxygens (including phenoxy) is 2. The van der Waals surface area contributed by atoms with Crippen molar-refractivity contribution in [3.63, 3.8) is 0 Å². The molecule has 6 aromatic carbocycles. The van der Waals surface area contributed by atoms with Gasteiger partial charge >= 0.3 is 5.97 Å². The molecule has 2 aliphatic heterocycles. The standard InChI is InChI=1S/C50H46N4O4S2/c1-35(55)13-14-36-15-24-42(25-16-36)53(40-9-5-3-6-10-40)44-28-20-38(21-29-44)47-51-49-50(59-47)52-48(60-49)39-22-30-45(31-23-39)54(41-11-7-4-8-12-41)43-26-17-37(18-27-43)19-32-46(56)58-34-33-57-2/h3-12,15-18,20-31,49-50H,13-14,19,32-34H2,1-2H3. The number of rotatable bonds is 17. The van der Waals surface area contributed by atoms with Crippen LogP contribution in [0.1, 0.15) is 42.0 Å². The summed E-state index contributed by atoms with van der Waals surface area (Å²) in [6, 6.07) is 54.7. The summed E-state index contributed by atoms with van der Waals surface area (Å²) in [6.07, 6.45) is 2.24. The minimum atomic E-state index is -0.221. The van der Waals surface area contributed by atoms with Crippen molar-refractivity contribution in [2.75, 3.05) is 30.1 Å². The van der Waals surface area contributed by atoms with Crippen LogP contribution in [0.15, 0.2) is 168 Å². The van der Waals surface area contributed by atoms with Crippen LogP contribution in [0.25, 0.3) is 0 Å². The van der Waals surface area contributed by atoms with Crippen LogP contribution in [0.4, 0.5) is 34.1 Å². The number of esters is 1. The Bertz CT molecular complexity index is 2440. The fourth-order valence-corrected chi connectivity index (χ4v) is 9.65. The molecule has 0 saturated heterocycles. The van der Waals surface area contributed by atoms with Crippen molar-refractivity contribution in [1.29, 1.82) is 0 Å². The lowest BCUT2D eigenvalue weighted by atomic mass is 10.1. The molecule has 0 bridgehead atoms. The minimum absolute atomic E-state index is 0.0215. The number of Topliss-reactive ketones (excluding diaryl/α,β-unsaturated/α-hetero) is 1. The van der Waals surface area contributed by atoms with Crippen molar-refractivity contribution >= 4 is 79.5 Å². The molecule has 6 aromatic rings. The molecule has 0 fully saturated rings. The molecule has 2 unspecified atom stereocenters. The average Bonchev–Trinajstić information content (AvgIpc) is 3.88. The molecule has 0 amide bonds. The van der Waals surface area contributed by atoms with E-state index in [4.69, 9.17) is 19.5 Å². The lowest BCUT2D eigenvalue weighted by molar-refractivity contribution is -0.144. The predicted octanol–water partition coefficient (Wildman–Crippen LogP) is 11.6. The van der Waals surface area contributed by atoms with E-state index in [1.165, 1.54) is 0 Å². The van der Waals surface area contributed by atoms with Crippen LogP contribution in [0.3, 0.4) is 0 Å².